The van der Waals surface area contributed by atoms with Crippen molar-refractivity contribution in [3.05, 3.63) is 58.4 Å². The summed E-state index contributed by atoms with van der Waals surface area (Å²) in [6.45, 7) is 5.53. The second kappa shape index (κ2) is 6.71. The minimum atomic E-state index is -0.0133. The highest BCUT2D eigenvalue weighted by Gasteiger charge is 2.52. The molecule has 3 aliphatic rings. The average Bonchev–Trinajstić information content (AvgIpc) is 3.36. The zero-order valence-electron chi connectivity index (χ0n) is 15.8. The number of hydrogen-bond donors (Lipinski definition) is 1. The van der Waals surface area contributed by atoms with E-state index in [2.05, 4.69) is 58.1 Å². The molecule has 3 heterocycles. The van der Waals surface area contributed by atoms with Gasteiger partial charge in [0.1, 0.15) is 5.82 Å². The summed E-state index contributed by atoms with van der Waals surface area (Å²) in [6.07, 6.45) is 2.58. The van der Waals surface area contributed by atoms with Crippen LogP contribution >= 0.6 is 0 Å². The van der Waals surface area contributed by atoms with Crippen LogP contribution in [0.1, 0.15) is 18.9 Å². The number of nitrogens with one attached hydrogen (secondary N) is 1. The second-order valence-electron chi connectivity index (χ2n) is 8.28. The molecule has 3 fully saturated rings. The first-order chi connectivity index (χ1) is 13.2. The number of hydrogen-bond acceptors (Lipinski definition) is 4. The molecule has 1 N–H and O–H groups in total. The van der Waals surface area contributed by atoms with E-state index in [-0.39, 0.29) is 11.7 Å². The van der Waals surface area contributed by atoms with Gasteiger partial charge >= 0.3 is 0 Å². The van der Waals surface area contributed by atoms with E-state index in [0.717, 1.165) is 49.4 Å². The van der Waals surface area contributed by atoms with E-state index in [4.69, 9.17) is 4.74 Å². The van der Waals surface area contributed by atoms with Gasteiger partial charge in [-0.1, -0.05) is 30.3 Å². The average molecular weight is 365 g/mol. The van der Waals surface area contributed by atoms with Crippen LogP contribution in [-0.4, -0.2) is 43.4 Å². The van der Waals surface area contributed by atoms with E-state index >= 15 is 0 Å². The molecule has 0 spiro atoms. The monoisotopic (exact) mass is 365 g/mol. The summed E-state index contributed by atoms with van der Waals surface area (Å²) >= 11 is 0. The van der Waals surface area contributed by atoms with E-state index in [1.54, 1.807) is 6.07 Å². The molecule has 27 heavy (non-hydrogen) atoms. The first-order valence-corrected chi connectivity index (χ1v) is 10.1. The Morgan fingerprint density at radius 1 is 1.19 bits per heavy atom. The van der Waals surface area contributed by atoms with Crippen molar-refractivity contribution in [1.29, 1.82) is 0 Å². The van der Waals surface area contributed by atoms with Crippen molar-refractivity contribution in [3.63, 3.8) is 0 Å². The van der Waals surface area contributed by atoms with Gasteiger partial charge in [0.15, 0.2) is 0 Å². The van der Waals surface area contributed by atoms with Gasteiger partial charge in [0.2, 0.25) is 0 Å². The van der Waals surface area contributed by atoms with Crippen molar-refractivity contribution in [3.8, 4) is 0 Å². The number of pyridine rings is 1. The molecule has 0 unspecified atom stereocenters. The summed E-state index contributed by atoms with van der Waals surface area (Å²) in [4.78, 5) is 20.2. The Labute approximate surface area is 159 Å². The van der Waals surface area contributed by atoms with Gasteiger partial charge in [-0.25, -0.2) is 0 Å². The highest BCUT2D eigenvalue weighted by atomic mass is 16.5. The number of rotatable bonds is 4. The lowest BCUT2D eigenvalue weighted by Crippen LogP contribution is -2.42. The van der Waals surface area contributed by atoms with Crippen LogP contribution < -0.4 is 15.4 Å². The zero-order chi connectivity index (χ0) is 18.4. The molecule has 4 atom stereocenters. The predicted molar refractivity (Wildman–Crippen MR) is 108 cm³/mol. The highest BCUT2D eigenvalue weighted by molar-refractivity contribution is 5.57. The SMILES string of the molecule is C[C@@H]1CN(c2cc(N3C[C@H]4C[C@H]4[C@H]3Cc3ccccc3)[nH]c(=O)c2)CCO1. The first-order valence-electron chi connectivity index (χ1n) is 10.1. The first kappa shape index (κ1) is 16.9. The van der Waals surface area contributed by atoms with Gasteiger partial charge in [0.25, 0.3) is 5.56 Å². The summed E-state index contributed by atoms with van der Waals surface area (Å²) in [5.74, 6) is 2.53. The fourth-order valence-electron chi connectivity index (χ4n) is 4.87. The number of benzene rings is 1. The third-order valence-corrected chi connectivity index (χ3v) is 6.32. The number of ether oxygens (including phenoxy) is 1. The lowest BCUT2D eigenvalue weighted by Gasteiger charge is -2.34. The molecule has 1 saturated carbocycles. The van der Waals surface area contributed by atoms with Gasteiger partial charge < -0.3 is 19.5 Å². The van der Waals surface area contributed by atoms with Crippen molar-refractivity contribution in [2.75, 3.05) is 36.0 Å². The van der Waals surface area contributed by atoms with E-state index in [0.29, 0.717) is 12.6 Å². The van der Waals surface area contributed by atoms with Gasteiger partial charge in [0.05, 0.1) is 12.7 Å². The summed E-state index contributed by atoms with van der Waals surface area (Å²) in [6, 6.07) is 15.1. The molecule has 0 radical (unpaired) electrons. The van der Waals surface area contributed by atoms with Crippen LogP contribution in [0.2, 0.25) is 0 Å². The van der Waals surface area contributed by atoms with Gasteiger partial charge in [-0.2, -0.15) is 0 Å². The maximum atomic E-state index is 12.4. The molecule has 5 heteroatoms. The molecule has 5 rings (SSSR count). The van der Waals surface area contributed by atoms with Crippen LogP contribution in [0.3, 0.4) is 0 Å². The lowest BCUT2D eigenvalue weighted by atomic mass is 10.0. The number of aromatic amines is 1. The normalized spacial score (nSPS) is 29.7. The van der Waals surface area contributed by atoms with Crippen molar-refractivity contribution in [2.45, 2.75) is 31.9 Å². The third kappa shape index (κ3) is 3.36. The molecule has 2 saturated heterocycles. The Bertz CT molecular complexity index is 865. The Balaban J connectivity index is 1.42. The summed E-state index contributed by atoms with van der Waals surface area (Å²) in [5.41, 5.74) is 2.38. The summed E-state index contributed by atoms with van der Waals surface area (Å²) < 4.78 is 5.66. The van der Waals surface area contributed by atoms with Crippen molar-refractivity contribution in [1.82, 2.24) is 4.98 Å². The van der Waals surface area contributed by atoms with Crippen molar-refractivity contribution in [2.24, 2.45) is 11.8 Å². The quantitative estimate of drug-likeness (QED) is 0.905. The smallest absolute Gasteiger partial charge is 0.251 e. The van der Waals surface area contributed by atoms with Crippen LogP contribution in [0, 0.1) is 11.8 Å². The lowest BCUT2D eigenvalue weighted by molar-refractivity contribution is 0.0532. The maximum Gasteiger partial charge on any atom is 0.251 e. The van der Waals surface area contributed by atoms with Gasteiger partial charge in [0, 0.05) is 43.5 Å². The summed E-state index contributed by atoms with van der Waals surface area (Å²) in [7, 11) is 0. The van der Waals surface area contributed by atoms with E-state index in [9.17, 15) is 4.79 Å². The van der Waals surface area contributed by atoms with Crippen LogP contribution in [0.4, 0.5) is 11.5 Å². The molecule has 1 aromatic carbocycles. The minimum absolute atomic E-state index is 0.0133. The molecule has 2 aromatic rings. The third-order valence-electron chi connectivity index (χ3n) is 6.32. The topological polar surface area (TPSA) is 48.6 Å². The standard InChI is InChI=1S/C22H27N3O2/c1-15-13-24(7-8-27-15)18-11-21(23-22(26)12-18)25-14-17-10-19(17)20(25)9-16-5-3-2-4-6-16/h2-6,11-12,15,17,19-20H,7-10,13-14H2,1H3,(H,23,26)/t15-,17-,19-,20-/m1/s1. The van der Waals surface area contributed by atoms with Gasteiger partial charge in [-0.05, 0) is 37.2 Å². The van der Waals surface area contributed by atoms with Crippen LogP contribution in [-0.2, 0) is 11.2 Å². The minimum Gasteiger partial charge on any atom is -0.375 e. The fourth-order valence-corrected chi connectivity index (χ4v) is 4.87. The molecular weight excluding hydrogens is 338 g/mol. The molecule has 0 bridgehead atoms. The second-order valence-corrected chi connectivity index (χ2v) is 8.28. The molecule has 142 valence electrons. The van der Waals surface area contributed by atoms with Crippen LogP contribution in [0.15, 0.2) is 47.3 Å². The number of fused-ring (bicyclic) bond motifs is 1. The molecule has 0 amide bonds. The maximum absolute atomic E-state index is 12.4. The number of H-pyrrole nitrogens is 1. The molecule has 1 aliphatic carbocycles. The highest BCUT2D eigenvalue weighted by Crippen LogP contribution is 2.51. The molecule has 5 nitrogen and oxygen atoms in total. The van der Waals surface area contributed by atoms with E-state index in [1.165, 1.54) is 12.0 Å². The molecular formula is C22H27N3O2. The van der Waals surface area contributed by atoms with Gasteiger partial charge in [-0.15, -0.1) is 0 Å². The largest absolute Gasteiger partial charge is 0.375 e. The Kier molecular flexibility index (Phi) is 4.20. The predicted octanol–water partition coefficient (Wildman–Crippen LogP) is 2.67. The van der Waals surface area contributed by atoms with Crippen molar-refractivity contribution < 1.29 is 4.74 Å². The number of anilines is 2. The van der Waals surface area contributed by atoms with E-state index in [1.807, 2.05) is 0 Å². The molecule has 1 aromatic heterocycles. The Morgan fingerprint density at radius 3 is 2.85 bits per heavy atom. The number of morpholine rings is 1. The van der Waals surface area contributed by atoms with Crippen LogP contribution in [0.25, 0.3) is 0 Å². The number of nitrogens with zero attached hydrogens (tertiary/aromatic N) is 2. The zero-order valence-corrected chi connectivity index (χ0v) is 15.8. The Morgan fingerprint density at radius 2 is 2.04 bits per heavy atom. The Hall–Kier alpha value is -2.27. The number of piperidine rings is 1. The number of aromatic nitrogens is 1. The molecule has 2 aliphatic heterocycles. The van der Waals surface area contributed by atoms with Gasteiger partial charge in [-0.3, -0.25) is 4.79 Å². The fraction of sp³-hybridized carbons (Fsp3) is 0.500. The van der Waals surface area contributed by atoms with E-state index < -0.39 is 0 Å². The summed E-state index contributed by atoms with van der Waals surface area (Å²) in [5, 5.41) is 0. The van der Waals surface area contributed by atoms with Crippen LogP contribution in [0.5, 0.6) is 0 Å². The van der Waals surface area contributed by atoms with Crippen molar-refractivity contribution >= 4 is 11.5 Å².